The van der Waals surface area contributed by atoms with Crippen LogP contribution in [0, 0.1) is 12.3 Å². The van der Waals surface area contributed by atoms with Crippen molar-refractivity contribution in [2.75, 3.05) is 26.2 Å². The van der Waals surface area contributed by atoms with Crippen molar-refractivity contribution in [2.45, 2.75) is 32.7 Å². The minimum Gasteiger partial charge on any atom is -0.338 e. The molecule has 2 aromatic carbocycles. The lowest BCUT2D eigenvalue weighted by atomic mass is 9.79. The van der Waals surface area contributed by atoms with E-state index in [1.165, 1.54) is 24.0 Å². The maximum atomic E-state index is 13.2. The lowest BCUT2D eigenvalue weighted by Crippen LogP contribution is -2.45. The highest BCUT2D eigenvalue weighted by Crippen LogP contribution is 2.39. The van der Waals surface area contributed by atoms with Crippen molar-refractivity contribution in [3.05, 3.63) is 83.7 Å². The molecule has 0 unspecified atom stereocenters. The van der Waals surface area contributed by atoms with Gasteiger partial charge in [-0.2, -0.15) is 5.10 Å². The van der Waals surface area contributed by atoms with Crippen LogP contribution in [0.4, 0.5) is 0 Å². The minimum atomic E-state index is 0.106. The van der Waals surface area contributed by atoms with Crippen LogP contribution >= 0.6 is 0 Å². The highest BCUT2D eigenvalue weighted by Gasteiger charge is 2.43. The van der Waals surface area contributed by atoms with E-state index in [0.29, 0.717) is 5.56 Å². The molecule has 31 heavy (non-hydrogen) atoms. The van der Waals surface area contributed by atoms with E-state index in [4.69, 9.17) is 0 Å². The highest BCUT2D eigenvalue weighted by molar-refractivity contribution is 5.94. The first kappa shape index (κ1) is 20.0. The fourth-order valence-electron chi connectivity index (χ4n) is 5.29. The van der Waals surface area contributed by atoms with Crippen molar-refractivity contribution in [3.63, 3.8) is 0 Å². The lowest BCUT2D eigenvalue weighted by molar-refractivity contribution is 0.0675. The molecule has 2 aliphatic rings. The summed E-state index contributed by atoms with van der Waals surface area (Å²) < 4.78 is 1.78. The number of carbonyl (C=O) groups is 1. The zero-order chi connectivity index (χ0) is 21.3. The average Bonchev–Trinajstić information content (AvgIpc) is 3.42. The molecule has 0 N–H and O–H groups in total. The van der Waals surface area contributed by atoms with Gasteiger partial charge in [0.1, 0.15) is 0 Å². The Labute approximate surface area is 184 Å². The number of carbonyl (C=O) groups excluding carboxylic acids is 1. The first-order valence-corrected chi connectivity index (χ1v) is 11.3. The van der Waals surface area contributed by atoms with E-state index >= 15 is 0 Å². The molecule has 0 radical (unpaired) electrons. The van der Waals surface area contributed by atoms with Gasteiger partial charge in [-0.15, -0.1) is 0 Å². The Morgan fingerprint density at radius 2 is 1.90 bits per heavy atom. The molecule has 2 saturated heterocycles. The number of aromatic nitrogens is 2. The second-order valence-electron chi connectivity index (χ2n) is 9.29. The van der Waals surface area contributed by atoms with Crippen LogP contribution in [0.3, 0.4) is 0 Å². The van der Waals surface area contributed by atoms with Gasteiger partial charge in [0.25, 0.3) is 5.91 Å². The van der Waals surface area contributed by atoms with Crippen LogP contribution in [0.25, 0.3) is 5.69 Å². The van der Waals surface area contributed by atoms with Crippen LogP contribution in [0.5, 0.6) is 0 Å². The monoisotopic (exact) mass is 414 g/mol. The van der Waals surface area contributed by atoms with E-state index < -0.39 is 0 Å². The van der Waals surface area contributed by atoms with Crippen molar-refractivity contribution in [1.82, 2.24) is 19.6 Å². The molecule has 1 spiro atoms. The Bertz CT molecular complexity index is 1060. The van der Waals surface area contributed by atoms with Crippen LogP contribution in [-0.4, -0.2) is 51.7 Å². The van der Waals surface area contributed by atoms with E-state index in [2.05, 4.69) is 41.2 Å². The fraction of sp³-hybridized carbons (Fsp3) is 0.385. The Balaban J connectivity index is 1.25. The second-order valence-corrected chi connectivity index (χ2v) is 9.29. The molecule has 160 valence electrons. The van der Waals surface area contributed by atoms with E-state index in [9.17, 15) is 4.79 Å². The summed E-state index contributed by atoms with van der Waals surface area (Å²) in [4.78, 5) is 17.8. The minimum absolute atomic E-state index is 0.106. The molecule has 0 bridgehead atoms. The standard InChI is InChI=1S/C26H30N4O/c1-21-7-5-8-22(15-21)17-28-13-6-11-26(19-28)12-14-29(20-26)25(31)23-16-27-30(18-23)24-9-3-2-4-10-24/h2-5,7-10,15-16,18H,6,11-14,17,19-20H2,1H3/t26-/m0/s1. The van der Waals surface area contributed by atoms with Crippen molar-refractivity contribution in [2.24, 2.45) is 5.41 Å². The van der Waals surface area contributed by atoms with Gasteiger partial charge in [-0.05, 0) is 50.4 Å². The van der Waals surface area contributed by atoms with E-state index in [1.54, 1.807) is 10.9 Å². The molecule has 1 amide bonds. The molecule has 5 rings (SSSR count). The van der Waals surface area contributed by atoms with Gasteiger partial charge in [-0.3, -0.25) is 9.69 Å². The zero-order valence-corrected chi connectivity index (χ0v) is 18.2. The number of rotatable bonds is 4. The van der Waals surface area contributed by atoms with E-state index in [1.807, 2.05) is 41.4 Å². The smallest absolute Gasteiger partial charge is 0.257 e. The first-order valence-electron chi connectivity index (χ1n) is 11.3. The molecule has 0 aliphatic carbocycles. The van der Waals surface area contributed by atoms with Crippen molar-refractivity contribution >= 4 is 5.91 Å². The third-order valence-electron chi connectivity index (χ3n) is 6.80. The normalized spacial score (nSPS) is 21.6. The Morgan fingerprint density at radius 1 is 1.03 bits per heavy atom. The number of hydrogen-bond acceptors (Lipinski definition) is 3. The van der Waals surface area contributed by atoms with Gasteiger partial charge < -0.3 is 4.90 Å². The summed E-state index contributed by atoms with van der Waals surface area (Å²) in [5, 5.41) is 4.41. The predicted molar refractivity (Wildman–Crippen MR) is 122 cm³/mol. The number of amides is 1. The summed E-state index contributed by atoms with van der Waals surface area (Å²) in [6.45, 7) is 7.07. The molecular formula is C26H30N4O. The van der Waals surface area contributed by atoms with Gasteiger partial charge in [-0.25, -0.2) is 4.68 Å². The van der Waals surface area contributed by atoms with Crippen molar-refractivity contribution < 1.29 is 4.79 Å². The fourth-order valence-corrected chi connectivity index (χ4v) is 5.29. The molecule has 5 nitrogen and oxygen atoms in total. The van der Waals surface area contributed by atoms with Gasteiger partial charge in [0.15, 0.2) is 0 Å². The maximum absolute atomic E-state index is 13.2. The number of aryl methyl sites for hydroxylation is 1. The molecule has 0 saturated carbocycles. The van der Waals surface area contributed by atoms with Crippen LogP contribution in [0.2, 0.25) is 0 Å². The summed E-state index contributed by atoms with van der Waals surface area (Å²) in [5.41, 5.74) is 4.58. The predicted octanol–water partition coefficient (Wildman–Crippen LogP) is 4.31. The molecule has 1 aromatic heterocycles. The van der Waals surface area contributed by atoms with E-state index in [-0.39, 0.29) is 11.3 Å². The number of piperidine rings is 1. The first-order chi connectivity index (χ1) is 15.1. The maximum Gasteiger partial charge on any atom is 0.257 e. The van der Waals surface area contributed by atoms with Gasteiger partial charge in [0, 0.05) is 37.8 Å². The van der Waals surface area contributed by atoms with Crippen LogP contribution in [0.1, 0.15) is 40.7 Å². The Hall–Kier alpha value is -2.92. The third kappa shape index (κ3) is 4.28. The topological polar surface area (TPSA) is 41.4 Å². The summed E-state index contributed by atoms with van der Waals surface area (Å²) in [5.74, 6) is 0.106. The Kier molecular flexibility index (Phi) is 5.36. The summed E-state index contributed by atoms with van der Waals surface area (Å²) in [7, 11) is 0. The lowest BCUT2D eigenvalue weighted by Gasteiger charge is -2.40. The zero-order valence-electron chi connectivity index (χ0n) is 18.2. The Morgan fingerprint density at radius 3 is 2.74 bits per heavy atom. The number of hydrogen-bond donors (Lipinski definition) is 0. The second kappa shape index (κ2) is 8.31. The van der Waals surface area contributed by atoms with Crippen LogP contribution in [-0.2, 0) is 6.54 Å². The van der Waals surface area contributed by atoms with E-state index in [0.717, 1.165) is 44.8 Å². The number of benzene rings is 2. The van der Waals surface area contributed by atoms with Crippen molar-refractivity contribution in [3.8, 4) is 5.69 Å². The molecule has 3 heterocycles. The van der Waals surface area contributed by atoms with Crippen LogP contribution < -0.4 is 0 Å². The number of nitrogens with zero attached hydrogens (tertiary/aromatic N) is 4. The SMILES string of the molecule is Cc1cccc(CN2CCC[C@]3(CCN(C(=O)c4cnn(-c5ccccc5)c4)C3)C2)c1. The van der Waals surface area contributed by atoms with Gasteiger partial charge >= 0.3 is 0 Å². The molecule has 2 aliphatic heterocycles. The van der Waals surface area contributed by atoms with Gasteiger partial charge in [0.05, 0.1) is 17.4 Å². The quantitative estimate of drug-likeness (QED) is 0.639. The highest BCUT2D eigenvalue weighted by atomic mass is 16.2. The van der Waals surface area contributed by atoms with Crippen LogP contribution in [0.15, 0.2) is 67.0 Å². The van der Waals surface area contributed by atoms with Gasteiger partial charge in [-0.1, -0.05) is 48.0 Å². The number of para-hydroxylation sites is 1. The molecule has 1 atom stereocenters. The largest absolute Gasteiger partial charge is 0.338 e. The average molecular weight is 415 g/mol. The molecular weight excluding hydrogens is 384 g/mol. The molecule has 2 fully saturated rings. The van der Waals surface area contributed by atoms with Crippen molar-refractivity contribution in [1.29, 1.82) is 0 Å². The molecule has 5 heteroatoms. The van der Waals surface area contributed by atoms with Gasteiger partial charge in [0.2, 0.25) is 0 Å². The molecule has 3 aromatic rings. The summed E-state index contributed by atoms with van der Waals surface area (Å²) in [6.07, 6.45) is 7.07. The third-order valence-corrected chi connectivity index (χ3v) is 6.80. The number of likely N-dealkylation sites (tertiary alicyclic amines) is 2. The summed E-state index contributed by atoms with van der Waals surface area (Å²) >= 11 is 0. The summed E-state index contributed by atoms with van der Waals surface area (Å²) in [6, 6.07) is 18.8.